The van der Waals surface area contributed by atoms with Gasteiger partial charge < -0.3 is 14.4 Å². The summed E-state index contributed by atoms with van der Waals surface area (Å²) in [5, 5.41) is 9.92. The molecule has 0 amide bonds. The van der Waals surface area contributed by atoms with E-state index in [4.69, 9.17) is 9.72 Å². The molecular formula is C28H27BrFN3O3. The Morgan fingerprint density at radius 2 is 2.00 bits per heavy atom. The number of aryl methyl sites for hydroxylation is 1. The van der Waals surface area contributed by atoms with Crippen molar-refractivity contribution >= 4 is 32.9 Å². The molecule has 2 unspecified atom stereocenters. The highest BCUT2D eigenvalue weighted by molar-refractivity contribution is 9.10. The van der Waals surface area contributed by atoms with Gasteiger partial charge in [-0.15, -0.1) is 0 Å². The Morgan fingerprint density at radius 3 is 2.78 bits per heavy atom. The average Bonchev–Trinajstić information content (AvgIpc) is 3.23. The van der Waals surface area contributed by atoms with Gasteiger partial charge >= 0.3 is 5.97 Å². The van der Waals surface area contributed by atoms with E-state index in [2.05, 4.69) is 20.9 Å². The van der Waals surface area contributed by atoms with Crippen molar-refractivity contribution in [3.05, 3.63) is 87.7 Å². The van der Waals surface area contributed by atoms with Crippen LogP contribution in [0.15, 0.2) is 59.2 Å². The molecule has 5 rings (SSSR count). The molecule has 0 radical (unpaired) electrons. The summed E-state index contributed by atoms with van der Waals surface area (Å²) in [5.41, 5.74) is 3.92. The molecule has 1 aliphatic carbocycles. The number of benzene rings is 2. The van der Waals surface area contributed by atoms with E-state index in [0.717, 1.165) is 46.0 Å². The minimum atomic E-state index is -0.804. The van der Waals surface area contributed by atoms with Gasteiger partial charge in [-0.2, -0.15) is 0 Å². The first-order valence-electron chi connectivity index (χ1n) is 12.1. The fourth-order valence-electron chi connectivity index (χ4n) is 4.97. The Balaban J connectivity index is 1.55. The lowest BCUT2D eigenvalue weighted by molar-refractivity contribution is -0.143. The van der Waals surface area contributed by atoms with Crippen molar-refractivity contribution in [2.75, 3.05) is 0 Å². The summed E-state index contributed by atoms with van der Waals surface area (Å²) in [4.78, 5) is 21.4. The predicted octanol–water partition coefficient (Wildman–Crippen LogP) is 6.63. The number of hydrogen-bond donors (Lipinski definition) is 1. The second-order valence-corrected chi connectivity index (χ2v) is 10.3. The van der Waals surface area contributed by atoms with Crippen molar-refractivity contribution in [2.45, 2.75) is 51.7 Å². The lowest BCUT2D eigenvalue weighted by Crippen LogP contribution is -2.28. The second-order valence-electron chi connectivity index (χ2n) is 9.39. The highest BCUT2D eigenvalue weighted by Gasteiger charge is 2.35. The van der Waals surface area contributed by atoms with Crippen molar-refractivity contribution in [1.29, 1.82) is 0 Å². The summed E-state index contributed by atoms with van der Waals surface area (Å²) >= 11 is 3.44. The van der Waals surface area contributed by atoms with Crippen LogP contribution in [0.25, 0.3) is 11.0 Å². The van der Waals surface area contributed by atoms with E-state index >= 15 is 0 Å². The van der Waals surface area contributed by atoms with Gasteiger partial charge in [-0.05, 0) is 61.7 Å². The Kier molecular flexibility index (Phi) is 7.05. The maximum atomic E-state index is 14.8. The number of imidazole rings is 1. The van der Waals surface area contributed by atoms with Gasteiger partial charge in [0, 0.05) is 28.2 Å². The maximum Gasteiger partial charge on any atom is 0.307 e. The quantitative estimate of drug-likeness (QED) is 0.279. The molecule has 186 valence electrons. The molecule has 2 atom stereocenters. The number of carboxylic acid groups (broad SMARTS) is 1. The predicted molar refractivity (Wildman–Crippen MR) is 139 cm³/mol. The Morgan fingerprint density at radius 1 is 1.17 bits per heavy atom. The Labute approximate surface area is 217 Å². The lowest BCUT2D eigenvalue weighted by atomic mass is 9.78. The number of hydrogen-bond acceptors (Lipinski definition) is 4. The van der Waals surface area contributed by atoms with Gasteiger partial charge in [-0.3, -0.25) is 9.78 Å². The second kappa shape index (κ2) is 10.4. The molecule has 0 bridgehead atoms. The van der Waals surface area contributed by atoms with E-state index in [-0.39, 0.29) is 18.3 Å². The summed E-state index contributed by atoms with van der Waals surface area (Å²) in [6.07, 6.45) is 4.99. The van der Waals surface area contributed by atoms with E-state index in [1.165, 1.54) is 6.07 Å². The van der Waals surface area contributed by atoms with Crippen LogP contribution in [0.2, 0.25) is 0 Å². The third kappa shape index (κ3) is 5.14. The molecule has 1 aliphatic rings. The molecule has 1 N–H and O–H groups in total. The number of fused-ring (bicyclic) bond motifs is 1. The third-order valence-electron chi connectivity index (χ3n) is 6.86. The number of ether oxygens (including phenoxy) is 1. The lowest BCUT2D eigenvalue weighted by Gasteiger charge is -2.28. The molecule has 1 fully saturated rings. The van der Waals surface area contributed by atoms with Crippen molar-refractivity contribution in [3.8, 4) is 5.75 Å². The number of rotatable bonds is 7. The minimum Gasteiger partial charge on any atom is -0.487 e. The monoisotopic (exact) mass is 551 g/mol. The largest absolute Gasteiger partial charge is 0.487 e. The van der Waals surface area contributed by atoms with Crippen LogP contribution >= 0.6 is 15.9 Å². The molecule has 2 aromatic carbocycles. The highest BCUT2D eigenvalue weighted by Crippen LogP contribution is 2.39. The fraction of sp³-hybridized carbons (Fsp3) is 0.321. The van der Waals surface area contributed by atoms with Crippen molar-refractivity contribution in [2.24, 2.45) is 5.92 Å². The van der Waals surface area contributed by atoms with Gasteiger partial charge in [0.15, 0.2) is 0 Å². The van der Waals surface area contributed by atoms with Gasteiger partial charge in [0.25, 0.3) is 0 Å². The van der Waals surface area contributed by atoms with Crippen LogP contribution in [0, 0.1) is 18.7 Å². The summed E-state index contributed by atoms with van der Waals surface area (Å²) < 4.78 is 23.5. The van der Waals surface area contributed by atoms with Crippen LogP contribution in [0.5, 0.6) is 5.75 Å². The van der Waals surface area contributed by atoms with Crippen molar-refractivity contribution in [1.82, 2.24) is 14.5 Å². The molecule has 6 nitrogen and oxygen atoms in total. The van der Waals surface area contributed by atoms with E-state index in [9.17, 15) is 14.3 Å². The zero-order valence-corrected chi connectivity index (χ0v) is 21.5. The number of nitrogens with zero attached hydrogens (tertiary/aromatic N) is 3. The summed E-state index contributed by atoms with van der Waals surface area (Å²) in [6, 6.07) is 14.4. The van der Waals surface area contributed by atoms with Gasteiger partial charge in [0.2, 0.25) is 0 Å². The zero-order chi connectivity index (χ0) is 25.2. The molecule has 1 saturated carbocycles. The summed E-state index contributed by atoms with van der Waals surface area (Å²) in [7, 11) is 0. The zero-order valence-electron chi connectivity index (χ0n) is 20.0. The first kappa shape index (κ1) is 24.4. The average molecular weight is 552 g/mol. The van der Waals surface area contributed by atoms with E-state index in [0.29, 0.717) is 30.2 Å². The first-order chi connectivity index (χ1) is 17.4. The van der Waals surface area contributed by atoms with Crippen LogP contribution < -0.4 is 4.74 Å². The molecule has 0 aliphatic heterocycles. The molecule has 2 heterocycles. The van der Waals surface area contributed by atoms with Crippen LogP contribution in [0.3, 0.4) is 0 Å². The van der Waals surface area contributed by atoms with Gasteiger partial charge in [0.05, 0.1) is 29.2 Å². The van der Waals surface area contributed by atoms with Crippen molar-refractivity contribution < 1.29 is 19.0 Å². The van der Waals surface area contributed by atoms with E-state index in [1.807, 2.05) is 41.8 Å². The van der Waals surface area contributed by atoms with E-state index in [1.54, 1.807) is 18.3 Å². The molecule has 0 spiro atoms. The standard InChI is InChI=1S/C28H27BrFN3O3/c1-17-6-8-20(31-14-17)16-36-21-9-11-25-26(13-21)33(15-18-12-19(29)7-10-24(18)30)27(32-25)22-4-2-3-5-23(22)28(34)35/h6-14,22-23H,2-5,15-16H2,1H3,(H,34,35). The fourth-order valence-corrected chi connectivity index (χ4v) is 5.38. The number of pyridine rings is 1. The van der Waals surface area contributed by atoms with E-state index < -0.39 is 11.9 Å². The molecule has 4 aromatic rings. The number of carbonyl (C=O) groups is 1. The van der Waals surface area contributed by atoms with Gasteiger partial charge in [0.1, 0.15) is 24.0 Å². The number of halogens is 2. The topological polar surface area (TPSA) is 77.2 Å². The third-order valence-corrected chi connectivity index (χ3v) is 7.35. The highest BCUT2D eigenvalue weighted by atomic mass is 79.9. The molecule has 2 aromatic heterocycles. The summed E-state index contributed by atoms with van der Waals surface area (Å²) in [6.45, 7) is 2.54. The first-order valence-corrected chi connectivity index (χ1v) is 12.9. The van der Waals surface area contributed by atoms with Gasteiger partial charge in [-0.25, -0.2) is 9.37 Å². The normalized spacial score (nSPS) is 17.9. The molecular weight excluding hydrogens is 525 g/mol. The van der Waals surface area contributed by atoms with Crippen LogP contribution in [-0.4, -0.2) is 25.6 Å². The van der Waals surface area contributed by atoms with Crippen LogP contribution in [0.4, 0.5) is 4.39 Å². The number of carboxylic acids is 1. The molecule has 36 heavy (non-hydrogen) atoms. The number of aromatic nitrogens is 3. The molecule has 8 heteroatoms. The SMILES string of the molecule is Cc1ccc(COc2ccc3nc(C4CCCCC4C(=O)O)n(Cc4cc(Br)ccc4F)c3c2)nc1. The maximum absolute atomic E-state index is 14.8. The van der Waals surface area contributed by atoms with Crippen LogP contribution in [0.1, 0.15) is 54.2 Å². The Bertz CT molecular complexity index is 1400. The smallest absolute Gasteiger partial charge is 0.307 e. The summed E-state index contributed by atoms with van der Waals surface area (Å²) in [5.74, 6) is -0.534. The van der Waals surface area contributed by atoms with Gasteiger partial charge in [-0.1, -0.05) is 34.8 Å². The Hall–Kier alpha value is -3.26. The number of aliphatic carboxylic acids is 1. The minimum absolute atomic E-state index is 0.236. The van der Waals surface area contributed by atoms with Crippen molar-refractivity contribution in [3.63, 3.8) is 0 Å². The van der Waals surface area contributed by atoms with Crippen LogP contribution in [-0.2, 0) is 17.9 Å². The molecule has 0 saturated heterocycles.